The number of nitrogens with one attached hydrogen (secondary N) is 2. The lowest BCUT2D eigenvalue weighted by atomic mass is 10.2. The van der Waals surface area contributed by atoms with E-state index in [0.717, 1.165) is 11.4 Å². The number of anilines is 1. The highest BCUT2D eigenvalue weighted by Gasteiger charge is 2.15. The first kappa shape index (κ1) is 8.71. The van der Waals surface area contributed by atoms with Crippen molar-refractivity contribution < 1.29 is 4.79 Å². The Hall–Kier alpha value is -1.88. The molecule has 5 heteroatoms. The van der Waals surface area contributed by atoms with Gasteiger partial charge in [-0.2, -0.15) is 0 Å². The Morgan fingerprint density at radius 3 is 3.07 bits per heavy atom. The third kappa shape index (κ3) is 1.45. The second-order valence-electron chi connectivity index (χ2n) is 2.90. The van der Waals surface area contributed by atoms with Gasteiger partial charge in [0, 0.05) is 0 Å². The Balaban J connectivity index is 2.36. The van der Waals surface area contributed by atoms with Crippen molar-refractivity contribution in [2.75, 3.05) is 11.9 Å². The van der Waals surface area contributed by atoms with E-state index in [2.05, 4.69) is 15.7 Å². The minimum atomic E-state index is -0.355. The minimum absolute atomic E-state index is 0.355. The van der Waals surface area contributed by atoms with E-state index in [1.807, 2.05) is 24.3 Å². The fraction of sp³-hybridized carbons (Fsp3) is 0.111. The number of hydrogen-bond donors (Lipinski definition) is 3. The molecule has 1 aliphatic heterocycles. The number of hydrazine groups is 1. The van der Waals surface area contributed by atoms with Crippen LogP contribution in [0.2, 0.25) is 0 Å². The molecule has 5 nitrogen and oxygen atoms in total. The number of amides is 1. The molecule has 0 radical (unpaired) electrons. The smallest absolute Gasteiger partial charge is 0.281 e. The van der Waals surface area contributed by atoms with Crippen molar-refractivity contribution in [1.29, 1.82) is 0 Å². The molecule has 1 amide bonds. The maximum atomic E-state index is 11.2. The normalized spacial score (nSPS) is 13.6. The predicted molar refractivity (Wildman–Crippen MR) is 54.4 cm³/mol. The zero-order chi connectivity index (χ0) is 9.97. The molecule has 2 rings (SSSR count). The summed E-state index contributed by atoms with van der Waals surface area (Å²) in [6, 6.07) is 7.53. The second-order valence-corrected chi connectivity index (χ2v) is 2.90. The maximum Gasteiger partial charge on any atom is 0.281 e. The topological polar surface area (TPSA) is 79.5 Å². The number of hydrogen-bond acceptors (Lipinski definition) is 4. The first-order chi connectivity index (χ1) is 6.81. The molecule has 1 aromatic rings. The number of aliphatic imine (C=N–C) groups is 1. The standard InChI is InChI=1S/C9H10N4O/c10-13-9(14)8-5-11-6-3-1-2-4-7(6)12-8/h1-4,11H,5,10H2,(H,13,14). The minimum Gasteiger partial charge on any atom is -0.377 e. The molecule has 0 saturated carbocycles. The summed E-state index contributed by atoms with van der Waals surface area (Å²) < 4.78 is 0. The average Bonchev–Trinajstić information content (AvgIpc) is 2.27. The highest BCUT2D eigenvalue weighted by Crippen LogP contribution is 2.26. The number of nitrogens with zero attached hydrogens (tertiary/aromatic N) is 1. The van der Waals surface area contributed by atoms with E-state index < -0.39 is 0 Å². The average molecular weight is 190 g/mol. The molecule has 0 unspecified atom stereocenters. The van der Waals surface area contributed by atoms with Crippen molar-refractivity contribution in [1.82, 2.24) is 5.43 Å². The van der Waals surface area contributed by atoms with Gasteiger partial charge in [-0.05, 0) is 12.1 Å². The van der Waals surface area contributed by atoms with Crippen LogP contribution in [0.5, 0.6) is 0 Å². The SMILES string of the molecule is NNC(=O)C1=Nc2ccccc2NC1. The maximum absolute atomic E-state index is 11.2. The van der Waals surface area contributed by atoms with Crippen LogP contribution in [0.3, 0.4) is 0 Å². The summed E-state index contributed by atoms with van der Waals surface area (Å²) in [6.07, 6.45) is 0. The molecule has 1 aliphatic rings. The number of benzene rings is 1. The van der Waals surface area contributed by atoms with Crippen molar-refractivity contribution in [3.8, 4) is 0 Å². The molecule has 1 heterocycles. The van der Waals surface area contributed by atoms with Crippen LogP contribution in [0.15, 0.2) is 29.3 Å². The highest BCUT2D eigenvalue weighted by atomic mass is 16.2. The van der Waals surface area contributed by atoms with Gasteiger partial charge in [-0.25, -0.2) is 10.8 Å². The molecule has 0 bridgehead atoms. The molecule has 0 atom stereocenters. The number of rotatable bonds is 1. The fourth-order valence-corrected chi connectivity index (χ4v) is 1.30. The first-order valence-electron chi connectivity index (χ1n) is 4.22. The molecule has 72 valence electrons. The molecule has 1 aromatic carbocycles. The molecular formula is C9H10N4O. The van der Waals surface area contributed by atoms with Gasteiger partial charge in [0.15, 0.2) is 0 Å². The van der Waals surface area contributed by atoms with Crippen LogP contribution in [0.25, 0.3) is 0 Å². The summed E-state index contributed by atoms with van der Waals surface area (Å²) >= 11 is 0. The van der Waals surface area contributed by atoms with Crippen LogP contribution in [0.4, 0.5) is 11.4 Å². The Bertz CT molecular complexity index is 400. The summed E-state index contributed by atoms with van der Waals surface area (Å²) in [5, 5.41) is 3.08. The van der Waals surface area contributed by atoms with E-state index in [1.54, 1.807) is 0 Å². The number of carbonyl (C=O) groups excluding carboxylic acids is 1. The quantitative estimate of drug-likeness (QED) is 0.335. The van der Waals surface area contributed by atoms with Gasteiger partial charge in [0.1, 0.15) is 5.71 Å². The molecule has 0 spiro atoms. The Morgan fingerprint density at radius 2 is 2.29 bits per heavy atom. The third-order valence-corrected chi connectivity index (χ3v) is 2.00. The summed E-state index contributed by atoms with van der Waals surface area (Å²) in [4.78, 5) is 15.3. The van der Waals surface area contributed by atoms with Gasteiger partial charge < -0.3 is 5.32 Å². The van der Waals surface area contributed by atoms with Gasteiger partial charge in [0.25, 0.3) is 5.91 Å². The largest absolute Gasteiger partial charge is 0.377 e. The van der Waals surface area contributed by atoms with Crippen molar-refractivity contribution in [2.45, 2.75) is 0 Å². The van der Waals surface area contributed by atoms with Crippen molar-refractivity contribution in [3.05, 3.63) is 24.3 Å². The van der Waals surface area contributed by atoms with Gasteiger partial charge in [0.05, 0.1) is 17.9 Å². The Labute approximate surface area is 81.0 Å². The fourth-order valence-electron chi connectivity index (χ4n) is 1.30. The van der Waals surface area contributed by atoms with Crippen LogP contribution in [0.1, 0.15) is 0 Å². The van der Waals surface area contributed by atoms with Crippen molar-refractivity contribution in [2.24, 2.45) is 10.8 Å². The monoisotopic (exact) mass is 190 g/mol. The summed E-state index contributed by atoms with van der Waals surface area (Å²) in [5.41, 5.74) is 4.14. The van der Waals surface area contributed by atoms with E-state index in [1.165, 1.54) is 0 Å². The van der Waals surface area contributed by atoms with Crippen LogP contribution < -0.4 is 16.6 Å². The van der Waals surface area contributed by atoms with E-state index in [-0.39, 0.29) is 5.91 Å². The first-order valence-corrected chi connectivity index (χ1v) is 4.22. The van der Waals surface area contributed by atoms with Gasteiger partial charge in [-0.3, -0.25) is 10.2 Å². The van der Waals surface area contributed by atoms with Crippen LogP contribution >= 0.6 is 0 Å². The Morgan fingerprint density at radius 1 is 1.50 bits per heavy atom. The van der Waals surface area contributed by atoms with Crippen molar-refractivity contribution >= 4 is 23.0 Å². The summed E-state index contributed by atoms with van der Waals surface area (Å²) in [5.74, 6) is 4.66. The Kier molecular flexibility index (Phi) is 2.16. The molecule has 14 heavy (non-hydrogen) atoms. The van der Waals surface area contributed by atoms with Gasteiger partial charge in [-0.1, -0.05) is 12.1 Å². The molecule has 0 aromatic heterocycles. The summed E-state index contributed by atoms with van der Waals surface area (Å²) in [7, 11) is 0. The predicted octanol–water partition coefficient (Wildman–Crippen LogP) is 0.174. The van der Waals surface area contributed by atoms with Crippen LogP contribution in [-0.2, 0) is 4.79 Å². The lowest BCUT2D eigenvalue weighted by Crippen LogP contribution is -2.40. The molecular weight excluding hydrogens is 180 g/mol. The van der Waals surface area contributed by atoms with Gasteiger partial charge in [0.2, 0.25) is 0 Å². The molecule has 0 aliphatic carbocycles. The van der Waals surface area contributed by atoms with Crippen molar-refractivity contribution in [3.63, 3.8) is 0 Å². The molecule has 0 saturated heterocycles. The lowest BCUT2D eigenvalue weighted by Gasteiger charge is -2.15. The van der Waals surface area contributed by atoms with E-state index >= 15 is 0 Å². The van der Waals surface area contributed by atoms with Gasteiger partial charge in [-0.15, -0.1) is 0 Å². The summed E-state index contributed by atoms with van der Waals surface area (Å²) in [6.45, 7) is 0.403. The van der Waals surface area contributed by atoms with E-state index in [9.17, 15) is 4.79 Å². The number of nitrogens with two attached hydrogens (primary N) is 1. The zero-order valence-corrected chi connectivity index (χ0v) is 7.45. The number of para-hydroxylation sites is 2. The number of fused-ring (bicyclic) bond motifs is 1. The second kappa shape index (κ2) is 3.47. The third-order valence-electron chi connectivity index (χ3n) is 2.00. The highest BCUT2D eigenvalue weighted by molar-refractivity contribution is 6.41. The van der Waals surface area contributed by atoms with E-state index in [4.69, 9.17) is 5.84 Å². The molecule has 0 fully saturated rings. The zero-order valence-electron chi connectivity index (χ0n) is 7.45. The van der Waals surface area contributed by atoms with Gasteiger partial charge >= 0.3 is 0 Å². The van der Waals surface area contributed by atoms with Crippen LogP contribution in [-0.4, -0.2) is 18.2 Å². The number of carbonyl (C=O) groups is 1. The van der Waals surface area contributed by atoms with Crippen LogP contribution in [0, 0.1) is 0 Å². The molecule has 4 N–H and O–H groups in total. The van der Waals surface area contributed by atoms with E-state index in [0.29, 0.717) is 12.3 Å². The lowest BCUT2D eigenvalue weighted by molar-refractivity contribution is -0.114.